The molecule has 1 rings (SSSR count). The van der Waals surface area contributed by atoms with Crippen LogP contribution in [-0.4, -0.2) is 16.1 Å². The standard InChI is InChI=1S/C10H16N2O/c1-8(2)12-6-9(5-11-12)10(3,4)7-13/h5-8H,1-4H3. The molecule has 13 heavy (non-hydrogen) atoms. The summed E-state index contributed by atoms with van der Waals surface area (Å²) in [4.78, 5) is 10.8. The Labute approximate surface area is 78.8 Å². The zero-order valence-electron chi connectivity index (χ0n) is 8.61. The van der Waals surface area contributed by atoms with Gasteiger partial charge in [0.25, 0.3) is 0 Å². The van der Waals surface area contributed by atoms with Crippen LogP contribution in [0.5, 0.6) is 0 Å². The highest BCUT2D eigenvalue weighted by molar-refractivity contribution is 5.66. The summed E-state index contributed by atoms with van der Waals surface area (Å²) in [5.41, 5.74) is 0.545. The van der Waals surface area contributed by atoms with Gasteiger partial charge in [0, 0.05) is 23.2 Å². The van der Waals surface area contributed by atoms with Crippen LogP contribution in [0.15, 0.2) is 12.4 Å². The Morgan fingerprint density at radius 2 is 2.15 bits per heavy atom. The van der Waals surface area contributed by atoms with Gasteiger partial charge in [-0.3, -0.25) is 4.68 Å². The summed E-state index contributed by atoms with van der Waals surface area (Å²) >= 11 is 0. The van der Waals surface area contributed by atoms with Crippen LogP contribution in [0.4, 0.5) is 0 Å². The van der Waals surface area contributed by atoms with Gasteiger partial charge >= 0.3 is 0 Å². The first-order valence-electron chi connectivity index (χ1n) is 4.48. The lowest BCUT2D eigenvalue weighted by Gasteiger charge is -2.13. The number of nitrogens with zero attached hydrogens (tertiary/aromatic N) is 2. The molecule has 1 heterocycles. The zero-order valence-corrected chi connectivity index (χ0v) is 8.61. The largest absolute Gasteiger partial charge is 0.302 e. The highest BCUT2D eigenvalue weighted by Gasteiger charge is 2.21. The number of hydrogen-bond donors (Lipinski definition) is 0. The molecule has 0 amide bonds. The molecular formula is C10H16N2O. The molecule has 3 heteroatoms. The van der Waals surface area contributed by atoms with Crippen LogP contribution >= 0.6 is 0 Å². The SMILES string of the molecule is CC(C)n1cc(C(C)(C)C=O)cn1. The van der Waals surface area contributed by atoms with Gasteiger partial charge < -0.3 is 4.79 Å². The van der Waals surface area contributed by atoms with E-state index >= 15 is 0 Å². The maximum atomic E-state index is 10.8. The molecule has 0 saturated heterocycles. The lowest BCUT2D eigenvalue weighted by atomic mass is 9.89. The molecule has 0 bridgehead atoms. The fraction of sp³-hybridized carbons (Fsp3) is 0.600. The van der Waals surface area contributed by atoms with Gasteiger partial charge in [-0.05, 0) is 27.7 Å². The van der Waals surface area contributed by atoms with Crippen molar-refractivity contribution in [3.8, 4) is 0 Å². The van der Waals surface area contributed by atoms with Crippen molar-refractivity contribution < 1.29 is 4.79 Å². The smallest absolute Gasteiger partial charge is 0.130 e. The summed E-state index contributed by atoms with van der Waals surface area (Å²) in [5, 5.41) is 4.19. The topological polar surface area (TPSA) is 34.9 Å². The molecule has 0 saturated carbocycles. The zero-order chi connectivity index (χ0) is 10.1. The molecule has 0 radical (unpaired) electrons. The third-order valence-corrected chi connectivity index (χ3v) is 2.17. The summed E-state index contributed by atoms with van der Waals surface area (Å²) in [6.07, 6.45) is 4.64. The Hall–Kier alpha value is -1.12. The average molecular weight is 180 g/mol. The number of carbonyl (C=O) groups is 1. The van der Waals surface area contributed by atoms with Gasteiger partial charge in [0.2, 0.25) is 0 Å². The molecular weight excluding hydrogens is 164 g/mol. The van der Waals surface area contributed by atoms with Crippen LogP contribution in [0.1, 0.15) is 39.3 Å². The van der Waals surface area contributed by atoms with E-state index in [4.69, 9.17) is 0 Å². The van der Waals surface area contributed by atoms with Gasteiger partial charge in [0.05, 0.1) is 6.20 Å². The maximum absolute atomic E-state index is 10.8. The second-order valence-corrected chi connectivity index (χ2v) is 4.14. The van der Waals surface area contributed by atoms with Gasteiger partial charge in [-0.2, -0.15) is 5.10 Å². The van der Waals surface area contributed by atoms with E-state index in [2.05, 4.69) is 18.9 Å². The molecule has 0 N–H and O–H groups in total. The van der Waals surface area contributed by atoms with Crippen molar-refractivity contribution in [3.63, 3.8) is 0 Å². The van der Waals surface area contributed by atoms with Crippen molar-refractivity contribution in [1.29, 1.82) is 0 Å². The number of carbonyl (C=O) groups excluding carboxylic acids is 1. The van der Waals surface area contributed by atoms with E-state index in [0.717, 1.165) is 11.8 Å². The maximum Gasteiger partial charge on any atom is 0.130 e. The van der Waals surface area contributed by atoms with E-state index in [9.17, 15) is 4.79 Å². The predicted molar refractivity (Wildman–Crippen MR) is 51.7 cm³/mol. The molecule has 3 nitrogen and oxygen atoms in total. The highest BCUT2D eigenvalue weighted by Crippen LogP contribution is 2.20. The monoisotopic (exact) mass is 180 g/mol. The van der Waals surface area contributed by atoms with Crippen molar-refractivity contribution in [1.82, 2.24) is 9.78 Å². The normalized spacial score (nSPS) is 12.1. The Balaban J connectivity index is 2.98. The van der Waals surface area contributed by atoms with Crippen molar-refractivity contribution in [2.45, 2.75) is 39.2 Å². The lowest BCUT2D eigenvalue weighted by molar-refractivity contribution is -0.111. The summed E-state index contributed by atoms with van der Waals surface area (Å²) in [5.74, 6) is 0. The van der Waals surface area contributed by atoms with Gasteiger partial charge in [-0.1, -0.05) is 0 Å². The fourth-order valence-electron chi connectivity index (χ4n) is 1.02. The molecule has 0 spiro atoms. The second-order valence-electron chi connectivity index (χ2n) is 4.14. The van der Waals surface area contributed by atoms with E-state index in [1.54, 1.807) is 6.20 Å². The summed E-state index contributed by atoms with van der Waals surface area (Å²) in [6, 6.07) is 0.344. The Morgan fingerprint density at radius 1 is 1.54 bits per heavy atom. The van der Waals surface area contributed by atoms with Crippen LogP contribution in [0, 0.1) is 0 Å². The second kappa shape index (κ2) is 3.32. The first-order valence-corrected chi connectivity index (χ1v) is 4.48. The van der Waals surface area contributed by atoms with E-state index in [-0.39, 0.29) is 0 Å². The average Bonchev–Trinajstić information content (AvgIpc) is 2.52. The summed E-state index contributed by atoms with van der Waals surface area (Å²) in [7, 11) is 0. The first kappa shape index (κ1) is 9.96. The number of aldehydes is 1. The molecule has 0 aliphatic heterocycles. The quantitative estimate of drug-likeness (QED) is 0.666. The molecule has 0 aromatic carbocycles. The molecule has 72 valence electrons. The van der Waals surface area contributed by atoms with Crippen molar-refractivity contribution in [2.75, 3.05) is 0 Å². The fourth-order valence-corrected chi connectivity index (χ4v) is 1.02. The van der Waals surface area contributed by atoms with Gasteiger partial charge in [-0.25, -0.2) is 0 Å². The highest BCUT2D eigenvalue weighted by atomic mass is 16.1. The van der Waals surface area contributed by atoms with Gasteiger partial charge in [0.1, 0.15) is 6.29 Å². The van der Waals surface area contributed by atoms with Crippen LogP contribution in [0.2, 0.25) is 0 Å². The molecule has 1 aromatic rings. The van der Waals surface area contributed by atoms with Crippen LogP contribution in [0.25, 0.3) is 0 Å². The molecule has 0 fully saturated rings. The molecule has 0 aliphatic rings. The van der Waals surface area contributed by atoms with E-state index in [1.165, 1.54) is 0 Å². The number of aromatic nitrogens is 2. The lowest BCUT2D eigenvalue weighted by Crippen LogP contribution is -2.17. The van der Waals surface area contributed by atoms with Gasteiger partial charge in [0.15, 0.2) is 0 Å². The summed E-state index contributed by atoms with van der Waals surface area (Å²) in [6.45, 7) is 7.90. The summed E-state index contributed by atoms with van der Waals surface area (Å²) < 4.78 is 1.86. The van der Waals surface area contributed by atoms with Crippen LogP contribution in [0.3, 0.4) is 0 Å². The predicted octanol–water partition coefficient (Wildman–Crippen LogP) is 1.94. The minimum Gasteiger partial charge on any atom is -0.302 e. The van der Waals surface area contributed by atoms with Crippen molar-refractivity contribution >= 4 is 6.29 Å². The van der Waals surface area contributed by atoms with E-state index < -0.39 is 5.41 Å². The minimum absolute atomic E-state index is 0.344. The Morgan fingerprint density at radius 3 is 2.54 bits per heavy atom. The Kier molecular flexibility index (Phi) is 2.55. The number of hydrogen-bond acceptors (Lipinski definition) is 2. The van der Waals surface area contributed by atoms with E-state index in [0.29, 0.717) is 6.04 Å². The minimum atomic E-state index is -0.423. The van der Waals surface area contributed by atoms with Crippen molar-refractivity contribution in [2.24, 2.45) is 0 Å². The van der Waals surface area contributed by atoms with Crippen molar-refractivity contribution in [3.05, 3.63) is 18.0 Å². The number of rotatable bonds is 3. The molecule has 0 aliphatic carbocycles. The van der Waals surface area contributed by atoms with Crippen LogP contribution < -0.4 is 0 Å². The van der Waals surface area contributed by atoms with E-state index in [1.807, 2.05) is 24.7 Å². The molecule has 0 atom stereocenters. The third kappa shape index (κ3) is 1.97. The third-order valence-electron chi connectivity index (χ3n) is 2.17. The molecule has 1 aromatic heterocycles. The first-order chi connectivity index (χ1) is 5.97. The molecule has 0 unspecified atom stereocenters. The van der Waals surface area contributed by atoms with Crippen LogP contribution in [-0.2, 0) is 10.2 Å². The Bertz CT molecular complexity index is 300. The van der Waals surface area contributed by atoms with Gasteiger partial charge in [-0.15, -0.1) is 0 Å².